The van der Waals surface area contributed by atoms with Crippen molar-refractivity contribution in [3.8, 4) is 5.75 Å². The Bertz CT molecular complexity index is 1130. The first-order valence-corrected chi connectivity index (χ1v) is 9.66. The van der Waals surface area contributed by atoms with E-state index in [1.54, 1.807) is 19.2 Å². The summed E-state index contributed by atoms with van der Waals surface area (Å²) in [7, 11) is 1.55. The van der Waals surface area contributed by atoms with E-state index in [1.165, 1.54) is 18.2 Å². The number of carbonyl (C=O) groups is 5. The van der Waals surface area contributed by atoms with E-state index in [-0.39, 0.29) is 36.1 Å². The summed E-state index contributed by atoms with van der Waals surface area (Å²) >= 11 is 0. The summed E-state index contributed by atoms with van der Waals surface area (Å²) in [4.78, 5) is 62.5. The maximum atomic E-state index is 12.9. The molecule has 0 saturated carbocycles. The van der Waals surface area contributed by atoms with Gasteiger partial charge in [0.2, 0.25) is 11.8 Å². The molecule has 31 heavy (non-hydrogen) atoms. The molecule has 2 heterocycles. The lowest BCUT2D eigenvalue weighted by atomic mass is 10.0. The van der Waals surface area contributed by atoms with E-state index in [1.807, 2.05) is 12.1 Å². The molecule has 1 unspecified atom stereocenters. The molecule has 5 amide bonds. The van der Waals surface area contributed by atoms with Crippen LogP contribution >= 0.6 is 0 Å². The van der Waals surface area contributed by atoms with E-state index in [0.29, 0.717) is 5.75 Å². The highest BCUT2D eigenvalue weighted by Gasteiger charge is 2.44. The number of carbonyl (C=O) groups excluding carboxylic acids is 5. The van der Waals surface area contributed by atoms with Crippen LogP contribution in [0.25, 0.3) is 0 Å². The molecule has 2 aliphatic heterocycles. The first-order valence-electron chi connectivity index (χ1n) is 9.66. The zero-order chi connectivity index (χ0) is 22.1. The third-order valence-electron chi connectivity index (χ3n) is 5.29. The molecule has 2 aromatic carbocycles. The minimum absolute atomic E-state index is 0.0434. The van der Waals surface area contributed by atoms with Crippen LogP contribution in [0.1, 0.15) is 49.5 Å². The average Bonchev–Trinajstić information content (AvgIpc) is 3.02. The quantitative estimate of drug-likeness (QED) is 0.696. The number of hydrogen-bond donors (Lipinski definition) is 2. The van der Waals surface area contributed by atoms with Gasteiger partial charge in [0.25, 0.3) is 17.7 Å². The number of rotatable bonds is 5. The van der Waals surface area contributed by atoms with Gasteiger partial charge >= 0.3 is 0 Å². The van der Waals surface area contributed by atoms with Gasteiger partial charge in [-0.25, -0.2) is 0 Å². The molecule has 2 aromatic rings. The van der Waals surface area contributed by atoms with Crippen LogP contribution in [0.4, 0.5) is 0 Å². The van der Waals surface area contributed by atoms with Crippen molar-refractivity contribution in [1.29, 1.82) is 0 Å². The fourth-order valence-corrected chi connectivity index (χ4v) is 3.68. The second-order valence-electron chi connectivity index (χ2n) is 7.24. The molecule has 1 atom stereocenters. The first kappa shape index (κ1) is 20.3. The van der Waals surface area contributed by atoms with Crippen molar-refractivity contribution in [2.75, 3.05) is 7.11 Å². The molecule has 2 aliphatic rings. The smallest absolute Gasteiger partial charge is 0.262 e. The first-order chi connectivity index (χ1) is 14.9. The Hall–Kier alpha value is -4.01. The number of methoxy groups -OCH3 is 1. The highest BCUT2D eigenvalue weighted by molar-refractivity contribution is 6.24. The zero-order valence-electron chi connectivity index (χ0n) is 16.6. The van der Waals surface area contributed by atoms with E-state index in [0.717, 1.165) is 10.5 Å². The number of nitrogens with one attached hydrogen (secondary N) is 2. The van der Waals surface area contributed by atoms with Gasteiger partial charge in [0.15, 0.2) is 0 Å². The number of hydrogen-bond acceptors (Lipinski definition) is 6. The van der Waals surface area contributed by atoms with Crippen LogP contribution in [-0.2, 0) is 16.1 Å². The van der Waals surface area contributed by atoms with Crippen LogP contribution in [0, 0.1) is 0 Å². The third kappa shape index (κ3) is 3.77. The van der Waals surface area contributed by atoms with Crippen molar-refractivity contribution in [3.63, 3.8) is 0 Å². The van der Waals surface area contributed by atoms with Gasteiger partial charge in [-0.2, -0.15) is 0 Å². The highest BCUT2D eigenvalue weighted by atomic mass is 16.5. The number of amides is 5. The number of fused-ring (bicyclic) bond motifs is 1. The van der Waals surface area contributed by atoms with Crippen LogP contribution in [0.2, 0.25) is 0 Å². The maximum Gasteiger partial charge on any atom is 0.262 e. The van der Waals surface area contributed by atoms with Gasteiger partial charge in [0.1, 0.15) is 11.8 Å². The van der Waals surface area contributed by atoms with Gasteiger partial charge in [0, 0.05) is 18.5 Å². The standard InChI is InChI=1S/C22H19N3O6/c1-31-14-4-2-3-12(9-14)11-23-19(27)13-5-6-15-16(10-13)22(30)25(21(15)29)17-7-8-18(26)24-20(17)28/h2-6,9-10,17H,7-8,11H2,1H3,(H,23,27)(H,24,26,28). The Balaban J connectivity index is 1.50. The topological polar surface area (TPSA) is 122 Å². The zero-order valence-corrected chi connectivity index (χ0v) is 16.6. The lowest BCUT2D eigenvalue weighted by Crippen LogP contribution is -2.54. The molecular formula is C22H19N3O6. The van der Waals surface area contributed by atoms with E-state index in [4.69, 9.17) is 4.74 Å². The van der Waals surface area contributed by atoms with E-state index in [9.17, 15) is 24.0 Å². The van der Waals surface area contributed by atoms with Crippen LogP contribution < -0.4 is 15.4 Å². The van der Waals surface area contributed by atoms with E-state index >= 15 is 0 Å². The number of benzene rings is 2. The number of nitrogens with zero attached hydrogens (tertiary/aromatic N) is 1. The molecule has 0 bridgehead atoms. The highest BCUT2D eigenvalue weighted by Crippen LogP contribution is 2.28. The molecular weight excluding hydrogens is 402 g/mol. The van der Waals surface area contributed by atoms with Crippen molar-refractivity contribution >= 4 is 29.5 Å². The fraction of sp³-hybridized carbons (Fsp3) is 0.227. The Morgan fingerprint density at radius 3 is 2.61 bits per heavy atom. The summed E-state index contributed by atoms with van der Waals surface area (Å²) in [6.07, 6.45) is 0.117. The van der Waals surface area contributed by atoms with Crippen LogP contribution in [0.15, 0.2) is 42.5 Å². The predicted molar refractivity (Wildman–Crippen MR) is 107 cm³/mol. The maximum absolute atomic E-state index is 12.9. The average molecular weight is 421 g/mol. The second kappa shape index (κ2) is 8.02. The summed E-state index contributed by atoms with van der Waals surface area (Å²) in [6.45, 7) is 0.252. The van der Waals surface area contributed by atoms with Gasteiger partial charge in [-0.15, -0.1) is 0 Å². The summed E-state index contributed by atoms with van der Waals surface area (Å²) in [6, 6.07) is 10.4. The van der Waals surface area contributed by atoms with Gasteiger partial charge in [-0.1, -0.05) is 12.1 Å². The Labute approximate surface area is 177 Å². The monoisotopic (exact) mass is 421 g/mol. The van der Waals surface area contributed by atoms with Crippen molar-refractivity contribution in [2.45, 2.75) is 25.4 Å². The molecule has 1 fully saturated rings. The molecule has 1 saturated heterocycles. The van der Waals surface area contributed by atoms with Crippen molar-refractivity contribution in [1.82, 2.24) is 15.5 Å². The van der Waals surface area contributed by atoms with Crippen LogP contribution in [-0.4, -0.2) is 47.6 Å². The second-order valence-corrected chi connectivity index (χ2v) is 7.24. The number of imide groups is 2. The summed E-state index contributed by atoms with van der Waals surface area (Å²) in [5.41, 5.74) is 1.24. The molecule has 0 aromatic heterocycles. The molecule has 4 rings (SSSR count). The molecule has 0 aliphatic carbocycles. The molecule has 2 N–H and O–H groups in total. The van der Waals surface area contributed by atoms with E-state index < -0.39 is 35.6 Å². The van der Waals surface area contributed by atoms with Crippen molar-refractivity contribution in [3.05, 3.63) is 64.7 Å². The molecule has 158 valence electrons. The van der Waals surface area contributed by atoms with Gasteiger partial charge in [-0.3, -0.25) is 34.2 Å². The minimum atomic E-state index is -1.05. The van der Waals surface area contributed by atoms with E-state index in [2.05, 4.69) is 10.6 Å². The molecule has 9 heteroatoms. The summed E-state index contributed by atoms with van der Waals surface area (Å²) in [5, 5.41) is 4.91. The van der Waals surface area contributed by atoms with Crippen LogP contribution in [0.3, 0.4) is 0 Å². The summed E-state index contributed by atoms with van der Waals surface area (Å²) < 4.78 is 5.16. The summed E-state index contributed by atoms with van der Waals surface area (Å²) in [5.74, 6) is -2.13. The Morgan fingerprint density at radius 1 is 1.10 bits per heavy atom. The predicted octanol–water partition coefficient (Wildman–Crippen LogP) is 1.03. The Morgan fingerprint density at radius 2 is 1.87 bits per heavy atom. The Kier molecular flexibility index (Phi) is 5.24. The molecule has 9 nitrogen and oxygen atoms in total. The largest absolute Gasteiger partial charge is 0.497 e. The lowest BCUT2D eigenvalue weighted by Gasteiger charge is -2.27. The SMILES string of the molecule is COc1cccc(CNC(=O)c2ccc3c(c2)C(=O)N(C2CCC(=O)NC2=O)C3=O)c1. The number of ether oxygens (including phenoxy) is 1. The van der Waals surface area contributed by atoms with Gasteiger partial charge < -0.3 is 10.1 Å². The van der Waals surface area contributed by atoms with Crippen LogP contribution in [0.5, 0.6) is 5.75 Å². The normalized spacial score (nSPS) is 18.0. The molecule has 0 radical (unpaired) electrons. The fourth-order valence-electron chi connectivity index (χ4n) is 3.68. The van der Waals surface area contributed by atoms with Crippen molar-refractivity contribution in [2.24, 2.45) is 0 Å². The lowest BCUT2D eigenvalue weighted by molar-refractivity contribution is -0.136. The van der Waals surface area contributed by atoms with Crippen molar-refractivity contribution < 1.29 is 28.7 Å². The molecule has 0 spiro atoms. The number of piperidine rings is 1. The minimum Gasteiger partial charge on any atom is -0.497 e. The van der Waals surface area contributed by atoms with Gasteiger partial charge in [-0.05, 0) is 42.3 Å². The van der Waals surface area contributed by atoms with Gasteiger partial charge in [0.05, 0.1) is 18.2 Å². The third-order valence-corrected chi connectivity index (χ3v) is 5.29.